The van der Waals surface area contributed by atoms with Crippen LogP contribution in [0.15, 0.2) is 75.2 Å². The summed E-state index contributed by atoms with van der Waals surface area (Å²) in [5, 5.41) is 13.3. The number of aromatic nitrogens is 6. The van der Waals surface area contributed by atoms with Crippen LogP contribution in [0.2, 0.25) is 0 Å². The van der Waals surface area contributed by atoms with Crippen molar-refractivity contribution in [3.63, 3.8) is 0 Å². The smallest absolute Gasteiger partial charge is 0.262 e. The van der Waals surface area contributed by atoms with Gasteiger partial charge < -0.3 is 9.40 Å². The standard InChI is InChI=1S/C22H18N6O2S/c1-13-8-10-15(11-9-13)21-27-26-20(30-21)14(2)31-22-24-18-17(19(29)25-22)12-23-28(18)16-6-4-3-5-7-16/h3-12,14H,1-2H3,(H,24,25,29)/t14-/m0/s1. The largest absolute Gasteiger partial charge is 0.419 e. The molecule has 0 saturated heterocycles. The van der Waals surface area contributed by atoms with Crippen molar-refractivity contribution >= 4 is 22.8 Å². The number of rotatable bonds is 5. The summed E-state index contributed by atoms with van der Waals surface area (Å²) >= 11 is 1.34. The summed E-state index contributed by atoms with van der Waals surface area (Å²) in [4.78, 5) is 20.0. The molecule has 5 aromatic rings. The van der Waals surface area contributed by atoms with Gasteiger partial charge >= 0.3 is 0 Å². The fourth-order valence-corrected chi connectivity index (χ4v) is 3.96. The lowest BCUT2D eigenvalue weighted by atomic mass is 10.1. The first-order valence-electron chi connectivity index (χ1n) is 9.69. The van der Waals surface area contributed by atoms with Gasteiger partial charge in [0.25, 0.3) is 5.56 Å². The molecule has 154 valence electrons. The summed E-state index contributed by atoms with van der Waals surface area (Å²) in [5.41, 5.74) is 3.11. The van der Waals surface area contributed by atoms with E-state index in [-0.39, 0.29) is 10.8 Å². The van der Waals surface area contributed by atoms with E-state index in [4.69, 9.17) is 4.42 Å². The third-order valence-corrected chi connectivity index (χ3v) is 5.76. The third kappa shape index (κ3) is 3.75. The molecule has 1 N–H and O–H groups in total. The van der Waals surface area contributed by atoms with Crippen LogP contribution in [0.25, 0.3) is 28.2 Å². The van der Waals surface area contributed by atoms with Crippen LogP contribution in [0, 0.1) is 6.92 Å². The number of aryl methyl sites for hydroxylation is 1. The second-order valence-electron chi connectivity index (χ2n) is 7.07. The summed E-state index contributed by atoms with van der Waals surface area (Å²) in [5.74, 6) is 0.918. The van der Waals surface area contributed by atoms with Crippen molar-refractivity contribution in [1.29, 1.82) is 0 Å². The molecule has 0 fully saturated rings. The Kier molecular flexibility index (Phi) is 4.87. The van der Waals surface area contributed by atoms with Gasteiger partial charge in [-0.25, -0.2) is 9.67 Å². The van der Waals surface area contributed by atoms with Crippen LogP contribution in [-0.4, -0.2) is 29.9 Å². The van der Waals surface area contributed by atoms with E-state index in [0.717, 1.165) is 16.8 Å². The van der Waals surface area contributed by atoms with Crippen molar-refractivity contribution < 1.29 is 4.42 Å². The number of hydrogen-bond acceptors (Lipinski definition) is 7. The summed E-state index contributed by atoms with van der Waals surface area (Å²) in [7, 11) is 0. The first-order chi connectivity index (χ1) is 15.1. The van der Waals surface area contributed by atoms with Crippen molar-refractivity contribution in [1.82, 2.24) is 29.9 Å². The quantitative estimate of drug-likeness (QED) is 0.327. The first-order valence-corrected chi connectivity index (χ1v) is 10.6. The van der Waals surface area contributed by atoms with Crippen LogP contribution in [-0.2, 0) is 0 Å². The lowest BCUT2D eigenvalue weighted by Gasteiger charge is -2.07. The predicted molar refractivity (Wildman–Crippen MR) is 118 cm³/mol. The second kappa shape index (κ2) is 7.84. The summed E-state index contributed by atoms with van der Waals surface area (Å²) < 4.78 is 7.51. The Morgan fingerprint density at radius 2 is 1.84 bits per heavy atom. The van der Waals surface area contributed by atoms with Gasteiger partial charge in [-0.05, 0) is 38.1 Å². The number of thioether (sulfide) groups is 1. The lowest BCUT2D eigenvalue weighted by molar-refractivity contribution is 0.509. The van der Waals surface area contributed by atoms with Crippen molar-refractivity contribution in [2.45, 2.75) is 24.3 Å². The molecule has 0 unspecified atom stereocenters. The van der Waals surface area contributed by atoms with Crippen LogP contribution < -0.4 is 5.56 Å². The molecule has 9 heteroatoms. The molecule has 5 rings (SSSR count). The Hall–Kier alpha value is -3.72. The van der Waals surface area contributed by atoms with Crippen LogP contribution >= 0.6 is 11.8 Å². The molecule has 0 amide bonds. The fraction of sp³-hybridized carbons (Fsp3) is 0.136. The molecule has 0 spiro atoms. The van der Waals surface area contributed by atoms with E-state index >= 15 is 0 Å². The molecular formula is C22H18N6O2S. The van der Waals surface area contributed by atoms with E-state index in [1.54, 1.807) is 4.68 Å². The summed E-state index contributed by atoms with van der Waals surface area (Å²) in [6.45, 7) is 3.95. The molecule has 0 saturated carbocycles. The van der Waals surface area contributed by atoms with Gasteiger partial charge in [-0.2, -0.15) is 5.10 Å². The van der Waals surface area contributed by atoms with E-state index in [9.17, 15) is 4.79 Å². The monoisotopic (exact) mass is 430 g/mol. The van der Waals surface area contributed by atoms with Crippen LogP contribution in [0.3, 0.4) is 0 Å². The number of benzene rings is 2. The lowest BCUT2D eigenvalue weighted by Crippen LogP contribution is -2.10. The SMILES string of the molecule is Cc1ccc(-c2nnc([C@H](C)Sc3nc4c(cnn4-c4ccccc4)c(=O)[nH]3)o2)cc1. The average molecular weight is 430 g/mol. The van der Waals surface area contributed by atoms with E-state index in [2.05, 4.69) is 25.3 Å². The van der Waals surface area contributed by atoms with Gasteiger partial charge in [-0.15, -0.1) is 10.2 Å². The van der Waals surface area contributed by atoms with Crippen molar-refractivity contribution in [3.8, 4) is 17.1 Å². The second-order valence-corrected chi connectivity index (χ2v) is 8.40. The van der Waals surface area contributed by atoms with Crippen molar-refractivity contribution in [3.05, 3.63) is 82.6 Å². The minimum Gasteiger partial charge on any atom is -0.419 e. The molecule has 3 heterocycles. The highest BCUT2D eigenvalue weighted by Crippen LogP contribution is 2.33. The number of para-hydroxylation sites is 1. The Morgan fingerprint density at radius 3 is 2.61 bits per heavy atom. The zero-order valence-corrected chi connectivity index (χ0v) is 17.6. The summed E-state index contributed by atoms with van der Waals surface area (Å²) in [6, 6.07) is 17.5. The van der Waals surface area contributed by atoms with E-state index in [0.29, 0.717) is 28.0 Å². The van der Waals surface area contributed by atoms with Gasteiger partial charge in [0.1, 0.15) is 5.39 Å². The van der Waals surface area contributed by atoms with Crippen LogP contribution in [0.4, 0.5) is 0 Å². The number of nitrogens with zero attached hydrogens (tertiary/aromatic N) is 5. The number of aromatic amines is 1. The number of fused-ring (bicyclic) bond motifs is 1. The van der Waals surface area contributed by atoms with Gasteiger partial charge in [-0.3, -0.25) is 4.79 Å². The highest BCUT2D eigenvalue weighted by atomic mass is 32.2. The topological polar surface area (TPSA) is 102 Å². The molecule has 2 aromatic carbocycles. The minimum absolute atomic E-state index is 0.208. The Balaban J connectivity index is 1.44. The maximum atomic E-state index is 12.6. The molecule has 0 aliphatic carbocycles. The Bertz CT molecular complexity index is 1410. The highest BCUT2D eigenvalue weighted by Gasteiger charge is 2.19. The number of nitrogens with one attached hydrogen (secondary N) is 1. The minimum atomic E-state index is -0.243. The van der Waals surface area contributed by atoms with Gasteiger partial charge in [0.05, 0.1) is 17.1 Å². The Labute approximate surface area is 181 Å². The molecule has 1 atom stereocenters. The fourth-order valence-electron chi connectivity index (χ4n) is 3.14. The van der Waals surface area contributed by atoms with E-state index in [1.807, 2.05) is 68.4 Å². The molecule has 31 heavy (non-hydrogen) atoms. The van der Waals surface area contributed by atoms with Gasteiger partial charge in [0.2, 0.25) is 11.8 Å². The molecule has 3 aromatic heterocycles. The molecule has 0 aliphatic heterocycles. The molecule has 0 aliphatic rings. The Morgan fingerprint density at radius 1 is 1.06 bits per heavy atom. The van der Waals surface area contributed by atoms with Gasteiger partial charge in [-0.1, -0.05) is 47.7 Å². The summed E-state index contributed by atoms with van der Waals surface area (Å²) in [6.07, 6.45) is 1.53. The van der Waals surface area contributed by atoms with E-state index in [1.165, 1.54) is 18.0 Å². The highest BCUT2D eigenvalue weighted by molar-refractivity contribution is 7.99. The molecule has 0 radical (unpaired) electrons. The molecule has 0 bridgehead atoms. The first kappa shape index (κ1) is 19.3. The zero-order chi connectivity index (χ0) is 21.4. The van der Waals surface area contributed by atoms with Crippen molar-refractivity contribution in [2.24, 2.45) is 0 Å². The number of hydrogen-bond donors (Lipinski definition) is 1. The zero-order valence-electron chi connectivity index (χ0n) is 16.8. The van der Waals surface area contributed by atoms with Crippen LogP contribution in [0.1, 0.15) is 23.6 Å². The predicted octanol–water partition coefficient (Wildman–Crippen LogP) is 4.32. The van der Waals surface area contributed by atoms with E-state index < -0.39 is 0 Å². The van der Waals surface area contributed by atoms with Crippen LogP contribution in [0.5, 0.6) is 0 Å². The average Bonchev–Trinajstić information content (AvgIpc) is 3.43. The van der Waals surface area contributed by atoms with Gasteiger partial charge in [0.15, 0.2) is 10.8 Å². The molecule has 8 nitrogen and oxygen atoms in total. The molecular weight excluding hydrogens is 412 g/mol. The third-order valence-electron chi connectivity index (χ3n) is 4.79. The maximum Gasteiger partial charge on any atom is 0.262 e. The normalized spacial score (nSPS) is 12.3. The van der Waals surface area contributed by atoms with Gasteiger partial charge in [0, 0.05) is 5.56 Å². The number of H-pyrrole nitrogens is 1. The van der Waals surface area contributed by atoms with Crippen molar-refractivity contribution in [2.75, 3.05) is 0 Å². The maximum absolute atomic E-state index is 12.6.